The second-order valence-electron chi connectivity index (χ2n) is 4.48. The maximum absolute atomic E-state index is 11.4. The summed E-state index contributed by atoms with van der Waals surface area (Å²) in [7, 11) is 0. The Morgan fingerprint density at radius 2 is 1.95 bits per heavy atom. The predicted octanol–water partition coefficient (Wildman–Crippen LogP) is 2.10. The van der Waals surface area contributed by atoms with Crippen molar-refractivity contribution in [2.24, 2.45) is 0 Å². The molecular formula is C15H24NO3+. The van der Waals surface area contributed by atoms with Crippen LogP contribution in [-0.2, 0) is 9.53 Å². The standard InChI is InChI=1S/C15H23NO3/c1-3-5-10-19-13-8-6-12(7-9-13)14(16)11-15(17)18-4-2/h6-9,14H,3-5,10-11,16H2,1-2H3/p+1/t14-/m1/s1. The molecule has 0 aliphatic heterocycles. The van der Waals surface area contributed by atoms with E-state index in [4.69, 9.17) is 9.47 Å². The fraction of sp³-hybridized carbons (Fsp3) is 0.533. The quantitative estimate of drug-likeness (QED) is 0.579. The van der Waals surface area contributed by atoms with E-state index in [1.165, 1.54) is 0 Å². The largest absolute Gasteiger partial charge is 0.494 e. The SMILES string of the molecule is CCCCOc1ccc([C@H]([NH3+])CC(=O)OCC)cc1. The molecule has 0 spiro atoms. The first kappa shape index (κ1) is 15.5. The van der Waals surface area contributed by atoms with Crippen molar-refractivity contribution in [3.8, 4) is 5.75 Å². The minimum Gasteiger partial charge on any atom is -0.494 e. The van der Waals surface area contributed by atoms with Gasteiger partial charge in [-0.15, -0.1) is 0 Å². The van der Waals surface area contributed by atoms with Crippen LogP contribution in [0.25, 0.3) is 0 Å². The second kappa shape index (κ2) is 8.53. The molecule has 106 valence electrons. The molecule has 0 aliphatic carbocycles. The van der Waals surface area contributed by atoms with E-state index in [-0.39, 0.29) is 12.0 Å². The first-order chi connectivity index (χ1) is 9.17. The fourth-order valence-corrected chi connectivity index (χ4v) is 1.71. The van der Waals surface area contributed by atoms with Gasteiger partial charge in [0.05, 0.1) is 13.2 Å². The van der Waals surface area contributed by atoms with E-state index >= 15 is 0 Å². The number of carbonyl (C=O) groups excluding carboxylic acids is 1. The molecule has 3 N–H and O–H groups in total. The Morgan fingerprint density at radius 3 is 2.53 bits per heavy atom. The zero-order chi connectivity index (χ0) is 14.1. The van der Waals surface area contributed by atoms with Gasteiger partial charge in [0.25, 0.3) is 0 Å². The molecule has 0 saturated heterocycles. The number of unbranched alkanes of at least 4 members (excludes halogenated alkanes) is 1. The van der Waals surface area contributed by atoms with E-state index in [1.807, 2.05) is 24.3 Å². The highest BCUT2D eigenvalue weighted by Crippen LogP contribution is 2.18. The van der Waals surface area contributed by atoms with Gasteiger partial charge in [-0.2, -0.15) is 0 Å². The summed E-state index contributed by atoms with van der Waals surface area (Å²) in [5, 5.41) is 0. The number of carbonyl (C=O) groups is 1. The van der Waals surface area contributed by atoms with Crippen molar-refractivity contribution in [2.75, 3.05) is 13.2 Å². The molecule has 0 amide bonds. The van der Waals surface area contributed by atoms with Gasteiger partial charge in [-0.3, -0.25) is 4.79 Å². The molecule has 0 fully saturated rings. The van der Waals surface area contributed by atoms with Crippen molar-refractivity contribution >= 4 is 5.97 Å². The van der Waals surface area contributed by atoms with Crippen LogP contribution in [0.1, 0.15) is 44.7 Å². The molecule has 1 atom stereocenters. The Hall–Kier alpha value is -1.55. The van der Waals surface area contributed by atoms with Crippen LogP contribution < -0.4 is 10.5 Å². The fourth-order valence-electron chi connectivity index (χ4n) is 1.71. The molecule has 0 bridgehead atoms. The van der Waals surface area contributed by atoms with E-state index < -0.39 is 0 Å². The number of hydrogen-bond donors (Lipinski definition) is 1. The Bertz CT molecular complexity index is 375. The molecule has 19 heavy (non-hydrogen) atoms. The van der Waals surface area contributed by atoms with Gasteiger partial charge in [0.15, 0.2) is 0 Å². The maximum atomic E-state index is 11.4. The van der Waals surface area contributed by atoms with Gasteiger partial charge in [0.1, 0.15) is 18.2 Å². The number of benzene rings is 1. The van der Waals surface area contributed by atoms with Crippen molar-refractivity contribution in [2.45, 2.75) is 39.2 Å². The monoisotopic (exact) mass is 266 g/mol. The highest BCUT2D eigenvalue weighted by molar-refractivity contribution is 5.70. The van der Waals surface area contributed by atoms with E-state index in [0.717, 1.165) is 30.8 Å². The summed E-state index contributed by atoms with van der Waals surface area (Å²) >= 11 is 0. The smallest absolute Gasteiger partial charge is 0.312 e. The Kier molecular flexibility index (Phi) is 6.97. The average molecular weight is 266 g/mol. The third kappa shape index (κ3) is 5.75. The van der Waals surface area contributed by atoms with Gasteiger partial charge in [-0.05, 0) is 37.6 Å². The molecule has 0 heterocycles. The molecule has 0 radical (unpaired) electrons. The van der Waals surface area contributed by atoms with Gasteiger partial charge in [0.2, 0.25) is 0 Å². The molecular weight excluding hydrogens is 242 g/mol. The van der Waals surface area contributed by atoms with Crippen LogP contribution in [0, 0.1) is 0 Å². The summed E-state index contributed by atoms with van der Waals surface area (Å²) in [4.78, 5) is 11.4. The summed E-state index contributed by atoms with van der Waals surface area (Å²) in [6.07, 6.45) is 2.49. The first-order valence-corrected chi connectivity index (χ1v) is 6.88. The van der Waals surface area contributed by atoms with Crippen LogP contribution in [-0.4, -0.2) is 19.2 Å². The first-order valence-electron chi connectivity index (χ1n) is 6.88. The molecule has 0 saturated carbocycles. The molecule has 0 unspecified atom stereocenters. The molecule has 4 nitrogen and oxygen atoms in total. The lowest BCUT2D eigenvalue weighted by atomic mass is 10.0. The lowest BCUT2D eigenvalue weighted by molar-refractivity contribution is -0.425. The zero-order valence-corrected chi connectivity index (χ0v) is 11.9. The van der Waals surface area contributed by atoms with Gasteiger partial charge >= 0.3 is 5.97 Å². The van der Waals surface area contributed by atoms with Crippen molar-refractivity contribution in [3.63, 3.8) is 0 Å². The van der Waals surface area contributed by atoms with E-state index in [1.54, 1.807) is 6.92 Å². The van der Waals surface area contributed by atoms with Crippen molar-refractivity contribution in [3.05, 3.63) is 29.8 Å². The van der Waals surface area contributed by atoms with Crippen LogP contribution in [0.3, 0.4) is 0 Å². The molecule has 1 aromatic rings. The van der Waals surface area contributed by atoms with Gasteiger partial charge in [-0.1, -0.05) is 13.3 Å². The number of ether oxygens (including phenoxy) is 2. The molecule has 4 heteroatoms. The molecule has 1 rings (SSSR count). The highest BCUT2D eigenvalue weighted by Gasteiger charge is 2.15. The van der Waals surface area contributed by atoms with Crippen LogP contribution >= 0.6 is 0 Å². The van der Waals surface area contributed by atoms with Crippen LogP contribution in [0.5, 0.6) is 5.75 Å². The lowest BCUT2D eigenvalue weighted by Gasteiger charge is -2.10. The topological polar surface area (TPSA) is 63.2 Å². The van der Waals surface area contributed by atoms with Crippen LogP contribution in [0.15, 0.2) is 24.3 Å². The molecule has 0 aromatic heterocycles. The van der Waals surface area contributed by atoms with Crippen molar-refractivity contribution < 1.29 is 20.0 Å². The number of rotatable bonds is 8. The normalized spacial score (nSPS) is 11.9. The van der Waals surface area contributed by atoms with E-state index in [2.05, 4.69) is 12.7 Å². The lowest BCUT2D eigenvalue weighted by Crippen LogP contribution is -2.54. The Balaban J connectivity index is 2.48. The van der Waals surface area contributed by atoms with E-state index in [0.29, 0.717) is 13.0 Å². The van der Waals surface area contributed by atoms with Crippen LogP contribution in [0.4, 0.5) is 0 Å². The van der Waals surface area contributed by atoms with Crippen molar-refractivity contribution in [1.29, 1.82) is 0 Å². The summed E-state index contributed by atoms with van der Waals surface area (Å²) < 4.78 is 10.5. The summed E-state index contributed by atoms with van der Waals surface area (Å²) in [6, 6.07) is 7.68. The van der Waals surface area contributed by atoms with Gasteiger partial charge in [0, 0.05) is 5.56 Å². The zero-order valence-electron chi connectivity index (χ0n) is 11.9. The number of hydrogen-bond acceptors (Lipinski definition) is 3. The van der Waals surface area contributed by atoms with Gasteiger partial charge in [-0.25, -0.2) is 0 Å². The Labute approximate surface area is 114 Å². The van der Waals surface area contributed by atoms with E-state index in [9.17, 15) is 4.79 Å². The second-order valence-corrected chi connectivity index (χ2v) is 4.48. The highest BCUT2D eigenvalue weighted by atomic mass is 16.5. The molecule has 1 aromatic carbocycles. The maximum Gasteiger partial charge on any atom is 0.312 e. The minimum atomic E-state index is -0.203. The summed E-state index contributed by atoms with van der Waals surface area (Å²) in [5.74, 6) is 0.659. The van der Waals surface area contributed by atoms with Crippen LogP contribution in [0.2, 0.25) is 0 Å². The summed E-state index contributed by atoms with van der Waals surface area (Å²) in [6.45, 7) is 5.09. The molecule has 0 aliphatic rings. The average Bonchev–Trinajstić information content (AvgIpc) is 2.40. The number of esters is 1. The predicted molar refractivity (Wildman–Crippen MR) is 73.7 cm³/mol. The third-order valence-corrected chi connectivity index (χ3v) is 2.84. The Morgan fingerprint density at radius 1 is 1.26 bits per heavy atom. The third-order valence-electron chi connectivity index (χ3n) is 2.84. The minimum absolute atomic E-state index is 0.0799. The van der Waals surface area contributed by atoms with Gasteiger partial charge < -0.3 is 15.2 Å². The number of quaternary nitrogens is 1. The summed E-state index contributed by atoms with van der Waals surface area (Å²) in [5.41, 5.74) is 5.02. The van der Waals surface area contributed by atoms with Crippen molar-refractivity contribution in [1.82, 2.24) is 0 Å².